The molecule has 2 heterocycles. The maximum atomic E-state index is 13.7. The monoisotopic (exact) mass is 687 g/mol. The number of ether oxygens (including phenoxy) is 2. The van der Waals surface area contributed by atoms with Gasteiger partial charge in [-0.15, -0.1) is 0 Å². The second-order valence-electron chi connectivity index (χ2n) is 13.1. The smallest absolute Gasteiger partial charge is 0.413 e. The minimum Gasteiger partial charge on any atom is -0.494 e. The van der Waals surface area contributed by atoms with Gasteiger partial charge in [-0.05, 0) is 95.3 Å². The Hall–Kier alpha value is -2.98. The number of amides is 1. The molecule has 2 atom stereocenters. The van der Waals surface area contributed by atoms with Crippen molar-refractivity contribution in [1.82, 2.24) is 19.7 Å². The van der Waals surface area contributed by atoms with Gasteiger partial charge in [-0.3, -0.25) is 24.5 Å². The highest BCUT2D eigenvalue weighted by atomic mass is 35.5. The molecule has 0 spiro atoms. The Bertz CT molecular complexity index is 1550. The maximum Gasteiger partial charge on any atom is 0.413 e. The second-order valence-corrected chi connectivity index (χ2v) is 13.9. The van der Waals surface area contributed by atoms with Crippen molar-refractivity contribution in [3.63, 3.8) is 0 Å². The van der Waals surface area contributed by atoms with E-state index < -0.39 is 18.0 Å². The molecule has 11 heteroatoms. The number of hydrogen-bond donors (Lipinski definition) is 1. The number of nitrogens with zero attached hydrogens (tertiary/aromatic N) is 4. The van der Waals surface area contributed by atoms with Gasteiger partial charge >= 0.3 is 6.09 Å². The zero-order valence-electron chi connectivity index (χ0n) is 28.9. The van der Waals surface area contributed by atoms with E-state index in [9.17, 15) is 9.59 Å². The first-order valence-corrected chi connectivity index (χ1v) is 17.5. The number of fused-ring (bicyclic) bond motifs is 1. The summed E-state index contributed by atoms with van der Waals surface area (Å²) in [4.78, 5) is 33.4. The number of nitrogens with one attached hydrogen (secondary N) is 1. The molecule has 4 rings (SSSR count). The van der Waals surface area contributed by atoms with Gasteiger partial charge in [-0.2, -0.15) is 0 Å². The van der Waals surface area contributed by atoms with Crippen LogP contribution in [-0.4, -0.2) is 78.5 Å². The SMILES string of the molecule is CCC(C(C)C)N(C(=O)OC(C)n1c(=O)ccc2ccc(OCCCCN3CCN(c4cccc(Cl)c4Cl)CC3)cc21)C(C)(C)NC. The lowest BCUT2D eigenvalue weighted by molar-refractivity contribution is -0.0179. The first-order chi connectivity index (χ1) is 22.4. The highest BCUT2D eigenvalue weighted by molar-refractivity contribution is 6.43. The van der Waals surface area contributed by atoms with Crippen molar-refractivity contribution in [3.05, 3.63) is 68.9 Å². The van der Waals surface area contributed by atoms with Crippen LogP contribution in [0.2, 0.25) is 10.0 Å². The van der Waals surface area contributed by atoms with Crippen LogP contribution in [0.5, 0.6) is 5.75 Å². The van der Waals surface area contributed by atoms with Crippen LogP contribution in [-0.2, 0) is 4.74 Å². The van der Waals surface area contributed by atoms with Gasteiger partial charge in [0, 0.05) is 44.4 Å². The number of unbranched alkanes of at least 4 members (excludes halogenated alkanes) is 1. The molecule has 3 aromatic rings. The number of rotatable bonds is 14. The van der Waals surface area contributed by atoms with E-state index in [1.807, 2.05) is 57.3 Å². The topological polar surface area (TPSA) is 79.3 Å². The normalized spacial score (nSPS) is 15.6. The number of halogens is 2. The Morgan fingerprint density at radius 1 is 1.02 bits per heavy atom. The third kappa shape index (κ3) is 8.93. The molecular formula is C36H51Cl2N5O4. The number of anilines is 1. The van der Waals surface area contributed by atoms with E-state index in [1.54, 1.807) is 17.9 Å². The quantitative estimate of drug-likeness (QED) is 0.138. The summed E-state index contributed by atoms with van der Waals surface area (Å²) < 4.78 is 13.7. The van der Waals surface area contributed by atoms with Crippen molar-refractivity contribution >= 4 is 45.9 Å². The lowest BCUT2D eigenvalue weighted by Gasteiger charge is -2.44. The molecule has 1 fully saturated rings. The van der Waals surface area contributed by atoms with Gasteiger partial charge in [0.25, 0.3) is 5.56 Å². The standard InChI is InChI=1S/C36H51Cl2N5O4/c1-8-30(25(2)3)43(36(5,6)39-7)35(45)47-26(4)42-32-24-28(16-14-27(32)15-17-33(42)44)46-23-10-9-18-40-19-21-41(22-20-40)31-13-11-12-29(37)34(31)38/h11-17,24-26,30,39H,8-10,18-23H2,1-7H3. The Morgan fingerprint density at radius 3 is 2.38 bits per heavy atom. The third-order valence-corrected chi connectivity index (χ3v) is 10.1. The summed E-state index contributed by atoms with van der Waals surface area (Å²) in [6, 6.07) is 14.7. The van der Waals surface area contributed by atoms with Crippen molar-refractivity contribution in [3.8, 4) is 5.75 Å². The predicted molar refractivity (Wildman–Crippen MR) is 193 cm³/mol. The number of carbonyl (C=O) groups excluding carboxylic acids is 1. The summed E-state index contributed by atoms with van der Waals surface area (Å²) in [6.07, 6.45) is 1.39. The zero-order chi connectivity index (χ0) is 34.3. The fraction of sp³-hybridized carbons (Fsp3) is 0.556. The van der Waals surface area contributed by atoms with E-state index in [-0.39, 0.29) is 17.5 Å². The van der Waals surface area contributed by atoms with Gasteiger partial charge in [-0.25, -0.2) is 4.79 Å². The summed E-state index contributed by atoms with van der Waals surface area (Å²) in [7, 11) is 1.83. The number of carbonyl (C=O) groups is 1. The van der Waals surface area contributed by atoms with Crippen molar-refractivity contribution in [1.29, 1.82) is 0 Å². The van der Waals surface area contributed by atoms with E-state index in [2.05, 4.69) is 35.9 Å². The van der Waals surface area contributed by atoms with Crippen LogP contribution in [0.1, 0.15) is 67.0 Å². The molecule has 258 valence electrons. The first kappa shape index (κ1) is 36.8. The summed E-state index contributed by atoms with van der Waals surface area (Å²) in [5, 5.41) is 5.30. The Balaban J connectivity index is 1.35. The molecule has 2 unspecified atom stereocenters. The molecule has 1 aromatic heterocycles. The van der Waals surface area contributed by atoms with Crippen LogP contribution in [0.25, 0.3) is 10.9 Å². The van der Waals surface area contributed by atoms with E-state index in [0.29, 0.717) is 27.9 Å². The van der Waals surface area contributed by atoms with Gasteiger partial charge in [0.1, 0.15) is 5.75 Å². The zero-order valence-corrected chi connectivity index (χ0v) is 30.4. The Kier molecular flexibility index (Phi) is 12.9. The van der Waals surface area contributed by atoms with Gasteiger partial charge in [0.2, 0.25) is 0 Å². The van der Waals surface area contributed by atoms with Crippen molar-refractivity contribution < 1.29 is 14.3 Å². The average Bonchev–Trinajstić information content (AvgIpc) is 3.04. The number of piperazine rings is 1. The van der Waals surface area contributed by atoms with Crippen molar-refractivity contribution in [2.45, 2.75) is 78.7 Å². The summed E-state index contributed by atoms with van der Waals surface area (Å²) in [5.74, 6) is 0.895. The lowest BCUT2D eigenvalue weighted by atomic mass is 9.97. The van der Waals surface area contributed by atoms with Crippen LogP contribution in [0.4, 0.5) is 10.5 Å². The van der Waals surface area contributed by atoms with E-state index in [1.165, 1.54) is 10.6 Å². The van der Waals surface area contributed by atoms with Crippen molar-refractivity contribution in [2.24, 2.45) is 5.92 Å². The van der Waals surface area contributed by atoms with Crippen LogP contribution in [0.15, 0.2) is 53.3 Å². The number of pyridine rings is 1. The maximum absolute atomic E-state index is 13.7. The van der Waals surface area contributed by atoms with Gasteiger partial charge in [0.15, 0.2) is 6.23 Å². The average molecular weight is 689 g/mol. The summed E-state index contributed by atoms with van der Waals surface area (Å²) in [6.45, 7) is 17.2. The molecule has 9 nitrogen and oxygen atoms in total. The van der Waals surface area contributed by atoms with E-state index in [0.717, 1.165) is 63.1 Å². The van der Waals surface area contributed by atoms with Crippen molar-refractivity contribution in [2.75, 3.05) is 51.3 Å². The molecule has 1 amide bonds. The molecule has 0 aliphatic carbocycles. The molecule has 47 heavy (non-hydrogen) atoms. The molecule has 1 saturated heterocycles. The van der Waals surface area contributed by atoms with Gasteiger partial charge in [-0.1, -0.05) is 50.0 Å². The largest absolute Gasteiger partial charge is 0.494 e. The van der Waals surface area contributed by atoms with Gasteiger partial charge in [0.05, 0.1) is 33.5 Å². The molecule has 1 aliphatic rings. The predicted octanol–water partition coefficient (Wildman–Crippen LogP) is 7.64. The molecular weight excluding hydrogens is 637 g/mol. The molecule has 0 saturated carbocycles. The number of benzene rings is 2. The molecule has 2 aromatic carbocycles. The van der Waals surface area contributed by atoms with E-state index in [4.69, 9.17) is 32.7 Å². The third-order valence-electron chi connectivity index (χ3n) is 9.25. The molecule has 0 radical (unpaired) electrons. The fourth-order valence-corrected chi connectivity index (χ4v) is 6.80. The fourth-order valence-electron chi connectivity index (χ4n) is 6.38. The van der Waals surface area contributed by atoms with E-state index >= 15 is 0 Å². The molecule has 1 aliphatic heterocycles. The molecule has 0 bridgehead atoms. The Labute approximate surface area is 289 Å². The summed E-state index contributed by atoms with van der Waals surface area (Å²) in [5.41, 5.74) is 0.759. The highest BCUT2D eigenvalue weighted by Crippen LogP contribution is 2.33. The second kappa shape index (κ2) is 16.4. The number of aromatic nitrogens is 1. The number of hydrogen-bond acceptors (Lipinski definition) is 7. The van der Waals surface area contributed by atoms with Crippen LogP contribution >= 0.6 is 23.2 Å². The van der Waals surface area contributed by atoms with Crippen LogP contribution < -0.4 is 20.5 Å². The van der Waals surface area contributed by atoms with Gasteiger partial charge < -0.3 is 14.4 Å². The highest BCUT2D eigenvalue weighted by Gasteiger charge is 2.38. The minimum absolute atomic E-state index is 0.0426. The minimum atomic E-state index is -0.829. The van der Waals surface area contributed by atoms with Crippen LogP contribution in [0, 0.1) is 5.92 Å². The van der Waals surface area contributed by atoms with Crippen LogP contribution in [0.3, 0.4) is 0 Å². The first-order valence-electron chi connectivity index (χ1n) is 16.8. The molecule has 1 N–H and O–H groups in total. The Morgan fingerprint density at radius 2 is 1.72 bits per heavy atom. The summed E-state index contributed by atoms with van der Waals surface area (Å²) >= 11 is 12.6. The lowest BCUT2D eigenvalue weighted by Crippen LogP contribution is -2.61.